The highest BCUT2D eigenvalue weighted by molar-refractivity contribution is 5.77. The van der Waals surface area contributed by atoms with E-state index in [1.807, 2.05) is 24.3 Å². The number of nitrogens with one attached hydrogen (secondary N) is 2. The lowest BCUT2D eigenvalue weighted by Gasteiger charge is -2.25. The van der Waals surface area contributed by atoms with E-state index in [4.69, 9.17) is 4.74 Å². The number of hydrogen-bond donors (Lipinski definition) is 2. The Morgan fingerprint density at radius 2 is 2.33 bits per heavy atom. The van der Waals surface area contributed by atoms with Gasteiger partial charge in [-0.2, -0.15) is 5.10 Å². The number of para-hydroxylation sites is 1. The smallest absolute Gasteiger partial charge is 0.220 e. The van der Waals surface area contributed by atoms with Gasteiger partial charge in [0.25, 0.3) is 0 Å². The van der Waals surface area contributed by atoms with Crippen LogP contribution in [0, 0.1) is 0 Å². The van der Waals surface area contributed by atoms with E-state index in [0.717, 1.165) is 23.6 Å². The normalized spacial score (nSPS) is 16.9. The summed E-state index contributed by atoms with van der Waals surface area (Å²) in [6, 6.07) is 7.95. The largest absolute Gasteiger partial charge is 0.493 e. The lowest BCUT2D eigenvalue weighted by Crippen LogP contribution is -2.28. The van der Waals surface area contributed by atoms with Crippen molar-refractivity contribution >= 4 is 5.91 Å². The number of H-pyrrole nitrogens is 1. The number of aromatic amines is 1. The zero-order chi connectivity index (χ0) is 14.5. The van der Waals surface area contributed by atoms with Crippen LogP contribution in [0.3, 0.4) is 0 Å². The summed E-state index contributed by atoms with van der Waals surface area (Å²) >= 11 is 0. The SMILES string of the molecule is O=C(C[C@H]1CCOc2ccccc21)NCCc1ncn[nH]1. The molecule has 0 saturated heterocycles. The monoisotopic (exact) mass is 286 g/mol. The highest BCUT2D eigenvalue weighted by Crippen LogP contribution is 2.35. The summed E-state index contributed by atoms with van der Waals surface area (Å²) in [7, 11) is 0. The molecule has 0 unspecified atom stereocenters. The highest BCUT2D eigenvalue weighted by atomic mass is 16.5. The van der Waals surface area contributed by atoms with Gasteiger partial charge in [0.05, 0.1) is 6.61 Å². The molecule has 0 aliphatic carbocycles. The van der Waals surface area contributed by atoms with Gasteiger partial charge in [-0.1, -0.05) is 18.2 Å². The molecule has 0 fully saturated rings. The maximum Gasteiger partial charge on any atom is 0.220 e. The van der Waals surface area contributed by atoms with Crippen LogP contribution in [0.15, 0.2) is 30.6 Å². The molecule has 2 heterocycles. The number of carbonyl (C=O) groups excluding carboxylic acids is 1. The fourth-order valence-electron chi connectivity index (χ4n) is 2.60. The number of amides is 1. The quantitative estimate of drug-likeness (QED) is 0.871. The van der Waals surface area contributed by atoms with E-state index >= 15 is 0 Å². The van der Waals surface area contributed by atoms with E-state index in [1.54, 1.807) is 0 Å². The highest BCUT2D eigenvalue weighted by Gasteiger charge is 2.23. The Balaban J connectivity index is 1.51. The third-order valence-corrected chi connectivity index (χ3v) is 3.66. The summed E-state index contributed by atoms with van der Waals surface area (Å²) < 4.78 is 5.61. The molecule has 1 aliphatic heterocycles. The topological polar surface area (TPSA) is 79.9 Å². The van der Waals surface area contributed by atoms with Gasteiger partial charge in [0.15, 0.2) is 0 Å². The number of benzene rings is 1. The average molecular weight is 286 g/mol. The molecule has 2 N–H and O–H groups in total. The first-order valence-corrected chi connectivity index (χ1v) is 7.15. The Bertz CT molecular complexity index is 597. The molecule has 0 saturated carbocycles. The second-order valence-electron chi connectivity index (χ2n) is 5.11. The van der Waals surface area contributed by atoms with Gasteiger partial charge in [-0.15, -0.1) is 0 Å². The Morgan fingerprint density at radius 3 is 3.19 bits per heavy atom. The molecule has 1 aromatic heterocycles. The predicted molar refractivity (Wildman–Crippen MR) is 77.0 cm³/mol. The molecular weight excluding hydrogens is 268 g/mol. The predicted octanol–water partition coefficient (Wildman–Crippen LogP) is 1.42. The van der Waals surface area contributed by atoms with Gasteiger partial charge in [-0.25, -0.2) is 4.98 Å². The van der Waals surface area contributed by atoms with Crippen LogP contribution >= 0.6 is 0 Å². The van der Waals surface area contributed by atoms with Crippen LogP contribution in [0.25, 0.3) is 0 Å². The van der Waals surface area contributed by atoms with Gasteiger partial charge in [-0.3, -0.25) is 9.89 Å². The molecule has 1 amide bonds. The van der Waals surface area contributed by atoms with E-state index in [2.05, 4.69) is 20.5 Å². The molecule has 1 aromatic carbocycles. The summed E-state index contributed by atoms with van der Waals surface area (Å²) in [6.45, 7) is 1.24. The fraction of sp³-hybridized carbons (Fsp3) is 0.400. The van der Waals surface area contributed by atoms with Gasteiger partial charge < -0.3 is 10.1 Å². The van der Waals surface area contributed by atoms with Crippen molar-refractivity contribution in [1.29, 1.82) is 0 Å². The van der Waals surface area contributed by atoms with Crippen molar-refractivity contribution in [2.75, 3.05) is 13.2 Å². The van der Waals surface area contributed by atoms with Crippen LogP contribution in [0.2, 0.25) is 0 Å². The minimum atomic E-state index is 0.0659. The van der Waals surface area contributed by atoms with Crippen molar-refractivity contribution in [3.8, 4) is 5.75 Å². The number of nitrogens with zero attached hydrogens (tertiary/aromatic N) is 2. The Kier molecular flexibility index (Phi) is 4.14. The summed E-state index contributed by atoms with van der Waals surface area (Å²) in [5.41, 5.74) is 1.13. The van der Waals surface area contributed by atoms with Crippen molar-refractivity contribution in [3.05, 3.63) is 42.0 Å². The maximum absolute atomic E-state index is 12.1. The first-order chi connectivity index (χ1) is 10.3. The first kappa shape index (κ1) is 13.6. The lowest BCUT2D eigenvalue weighted by molar-refractivity contribution is -0.121. The summed E-state index contributed by atoms with van der Waals surface area (Å²) in [5.74, 6) is 1.99. The second-order valence-corrected chi connectivity index (χ2v) is 5.11. The van der Waals surface area contributed by atoms with Gasteiger partial charge >= 0.3 is 0 Å². The molecule has 6 heteroatoms. The summed E-state index contributed by atoms with van der Waals surface area (Å²) in [5, 5.41) is 9.48. The zero-order valence-electron chi connectivity index (χ0n) is 11.7. The Hall–Kier alpha value is -2.37. The second kappa shape index (κ2) is 6.39. The van der Waals surface area contributed by atoms with Crippen molar-refractivity contribution in [2.24, 2.45) is 0 Å². The molecule has 6 nitrogen and oxygen atoms in total. The molecule has 1 aliphatic rings. The van der Waals surface area contributed by atoms with Crippen molar-refractivity contribution < 1.29 is 9.53 Å². The minimum absolute atomic E-state index is 0.0659. The molecular formula is C15H18N4O2. The standard InChI is InChI=1S/C15H18N4O2/c20-15(16-7-5-14-17-10-18-19-14)9-11-6-8-21-13-4-2-1-3-12(11)13/h1-4,10-11H,5-9H2,(H,16,20)(H,17,18,19)/t11-/m1/s1. The van der Waals surface area contributed by atoms with Crippen LogP contribution in [-0.2, 0) is 11.2 Å². The van der Waals surface area contributed by atoms with Gasteiger partial charge in [0.2, 0.25) is 5.91 Å². The van der Waals surface area contributed by atoms with Crippen molar-refractivity contribution in [1.82, 2.24) is 20.5 Å². The average Bonchev–Trinajstić information content (AvgIpc) is 3.01. The van der Waals surface area contributed by atoms with Gasteiger partial charge in [0.1, 0.15) is 17.9 Å². The lowest BCUT2D eigenvalue weighted by atomic mass is 9.90. The molecule has 110 valence electrons. The molecule has 0 radical (unpaired) electrons. The number of hydrogen-bond acceptors (Lipinski definition) is 4. The van der Waals surface area contributed by atoms with E-state index < -0.39 is 0 Å². The number of ether oxygens (including phenoxy) is 1. The third-order valence-electron chi connectivity index (χ3n) is 3.66. The molecule has 0 spiro atoms. The maximum atomic E-state index is 12.1. The first-order valence-electron chi connectivity index (χ1n) is 7.15. The molecule has 3 rings (SSSR count). The van der Waals surface area contributed by atoms with Crippen LogP contribution in [-0.4, -0.2) is 34.2 Å². The minimum Gasteiger partial charge on any atom is -0.493 e. The van der Waals surface area contributed by atoms with E-state index in [1.165, 1.54) is 6.33 Å². The van der Waals surface area contributed by atoms with E-state index in [0.29, 0.717) is 26.0 Å². The fourth-order valence-corrected chi connectivity index (χ4v) is 2.60. The van der Waals surface area contributed by atoms with E-state index in [-0.39, 0.29) is 11.8 Å². The van der Waals surface area contributed by atoms with Gasteiger partial charge in [-0.05, 0) is 24.0 Å². The van der Waals surface area contributed by atoms with E-state index in [9.17, 15) is 4.79 Å². The van der Waals surface area contributed by atoms with Crippen LogP contribution in [0.4, 0.5) is 0 Å². The summed E-state index contributed by atoms with van der Waals surface area (Å²) in [6.07, 6.45) is 3.51. The molecule has 1 atom stereocenters. The van der Waals surface area contributed by atoms with Crippen LogP contribution in [0.5, 0.6) is 5.75 Å². The van der Waals surface area contributed by atoms with Crippen LogP contribution in [0.1, 0.15) is 30.1 Å². The summed E-state index contributed by atoms with van der Waals surface area (Å²) in [4.78, 5) is 16.1. The van der Waals surface area contributed by atoms with Crippen LogP contribution < -0.4 is 10.1 Å². The number of rotatable bonds is 5. The Morgan fingerprint density at radius 1 is 1.43 bits per heavy atom. The third kappa shape index (κ3) is 3.39. The van der Waals surface area contributed by atoms with Crippen molar-refractivity contribution in [2.45, 2.75) is 25.2 Å². The number of carbonyl (C=O) groups is 1. The number of aromatic nitrogens is 3. The van der Waals surface area contributed by atoms with Gasteiger partial charge in [0, 0.05) is 19.4 Å². The molecule has 21 heavy (non-hydrogen) atoms. The zero-order valence-corrected chi connectivity index (χ0v) is 11.7. The molecule has 0 bridgehead atoms. The Labute approximate surface area is 122 Å². The number of fused-ring (bicyclic) bond motifs is 1. The molecule has 2 aromatic rings. The van der Waals surface area contributed by atoms with Crippen molar-refractivity contribution in [3.63, 3.8) is 0 Å².